The number of nitrogens with one attached hydrogen (secondary N) is 1. The fraction of sp³-hybridized carbons (Fsp3) is 0.400. The molecule has 1 aromatic heterocycles. The number of rotatable bonds is 5. The predicted octanol–water partition coefficient (Wildman–Crippen LogP) is 3.13. The number of anilines is 2. The minimum atomic E-state index is 0.125. The Balaban J connectivity index is 1.51. The van der Waals surface area contributed by atoms with Gasteiger partial charge in [-0.3, -0.25) is 4.89 Å². The van der Waals surface area contributed by atoms with Gasteiger partial charge in [-0.15, -0.1) is 0 Å². The molecule has 8 heteroatoms. The summed E-state index contributed by atoms with van der Waals surface area (Å²) in [5.74, 6) is 0.894. The first-order valence-corrected chi connectivity index (χ1v) is 11.4. The van der Waals surface area contributed by atoms with E-state index in [1.807, 2.05) is 0 Å². The number of hydrogen-bond donors (Lipinski definition) is 1. The molecule has 1 saturated heterocycles. The molecule has 0 bridgehead atoms. The zero-order valence-corrected chi connectivity index (χ0v) is 19.0. The summed E-state index contributed by atoms with van der Waals surface area (Å²) >= 11 is 0. The summed E-state index contributed by atoms with van der Waals surface area (Å²) in [6, 6.07) is 15.5. The van der Waals surface area contributed by atoms with Crippen molar-refractivity contribution in [1.29, 1.82) is 5.26 Å². The Hall–Kier alpha value is -3.41. The Kier molecular flexibility index (Phi) is 5.99. The van der Waals surface area contributed by atoms with Crippen LogP contribution in [-0.2, 0) is 17.9 Å². The molecule has 0 saturated carbocycles. The summed E-state index contributed by atoms with van der Waals surface area (Å²) in [6.45, 7) is 6.09. The van der Waals surface area contributed by atoms with E-state index in [2.05, 4.69) is 64.5 Å². The summed E-state index contributed by atoms with van der Waals surface area (Å²) in [7, 11) is 1.46. The van der Waals surface area contributed by atoms with Crippen LogP contribution in [0.5, 0.6) is 6.01 Å². The number of aryl methyl sites for hydroxylation is 1. The molecule has 0 spiro atoms. The van der Waals surface area contributed by atoms with Crippen molar-refractivity contribution in [3.63, 3.8) is 0 Å². The highest BCUT2D eigenvalue weighted by Gasteiger charge is 2.29. The number of nitriles is 1. The predicted molar refractivity (Wildman–Crippen MR) is 127 cm³/mol. The van der Waals surface area contributed by atoms with E-state index in [1.54, 1.807) is 0 Å². The minimum absolute atomic E-state index is 0.125. The van der Waals surface area contributed by atoms with Crippen molar-refractivity contribution >= 4 is 22.3 Å². The lowest BCUT2D eigenvalue weighted by Gasteiger charge is -2.37. The number of fused-ring (bicyclic) bond motifs is 2. The van der Waals surface area contributed by atoms with Crippen LogP contribution in [0.2, 0.25) is 0 Å². The molecule has 2 aromatic carbocycles. The van der Waals surface area contributed by atoms with E-state index < -0.39 is 0 Å². The largest absolute Gasteiger partial charge is 0.365 e. The highest BCUT2D eigenvalue weighted by atomic mass is 17.2. The summed E-state index contributed by atoms with van der Waals surface area (Å²) in [5.41, 5.74) is 4.61. The molecule has 1 fully saturated rings. The van der Waals surface area contributed by atoms with Gasteiger partial charge in [-0.2, -0.15) is 20.1 Å². The van der Waals surface area contributed by atoms with Crippen molar-refractivity contribution in [3.8, 4) is 12.1 Å². The first-order chi connectivity index (χ1) is 16.2. The molecule has 0 aliphatic carbocycles. The molecule has 3 heterocycles. The standard InChI is InChI=1S/C25H28N6O2/c1-17-5-3-6-18-7-4-8-22(23(17)18)30-13-10-20-21(16-30)28-25(33-32-2)29-24(20)31-14-12-27-19(15-31)9-11-26/h3-8,19,27H,9-10,12-16H2,1-2H3/t19-/m0/s1. The van der Waals surface area contributed by atoms with E-state index in [-0.39, 0.29) is 12.1 Å². The zero-order valence-electron chi connectivity index (χ0n) is 19.0. The van der Waals surface area contributed by atoms with Gasteiger partial charge in [0.15, 0.2) is 0 Å². The van der Waals surface area contributed by atoms with Crippen molar-refractivity contribution in [1.82, 2.24) is 15.3 Å². The molecular formula is C25H28N6O2. The summed E-state index contributed by atoms with van der Waals surface area (Å²) in [6.07, 6.45) is 1.31. The van der Waals surface area contributed by atoms with Crippen molar-refractivity contribution in [2.75, 3.05) is 43.1 Å². The fourth-order valence-electron chi connectivity index (χ4n) is 5.00. The van der Waals surface area contributed by atoms with E-state index in [9.17, 15) is 0 Å². The molecule has 8 nitrogen and oxygen atoms in total. The monoisotopic (exact) mass is 444 g/mol. The molecule has 2 aliphatic rings. The average molecular weight is 445 g/mol. The van der Waals surface area contributed by atoms with Crippen LogP contribution in [0, 0.1) is 18.3 Å². The normalized spacial score (nSPS) is 18.2. The highest BCUT2D eigenvalue weighted by molar-refractivity contribution is 5.97. The van der Waals surface area contributed by atoms with E-state index in [1.165, 1.54) is 29.1 Å². The third kappa shape index (κ3) is 4.17. The van der Waals surface area contributed by atoms with E-state index in [0.29, 0.717) is 13.0 Å². The second-order valence-electron chi connectivity index (χ2n) is 8.59. The summed E-state index contributed by atoms with van der Waals surface area (Å²) in [4.78, 5) is 24.2. The molecule has 3 aromatic rings. The Bertz CT molecular complexity index is 1200. The van der Waals surface area contributed by atoms with Crippen LogP contribution in [0.3, 0.4) is 0 Å². The van der Waals surface area contributed by atoms with Crippen LogP contribution in [0.25, 0.3) is 10.8 Å². The zero-order chi connectivity index (χ0) is 22.8. The average Bonchev–Trinajstić information content (AvgIpc) is 2.84. The van der Waals surface area contributed by atoms with Gasteiger partial charge in [0.05, 0.1) is 31.8 Å². The van der Waals surface area contributed by atoms with Crippen molar-refractivity contribution in [2.45, 2.75) is 32.4 Å². The number of hydrogen-bond acceptors (Lipinski definition) is 8. The lowest BCUT2D eigenvalue weighted by Crippen LogP contribution is -2.51. The molecule has 5 rings (SSSR count). The summed E-state index contributed by atoms with van der Waals surface area (Å²) < 4.78 is 0. The molecular weight excluding hydrogens is 416 g/mol. The minimum Gasteiger partial charge on any atom is -0.365 e. The van der Waals surface area contributed by atoms with Crippen molar-refractivity contribution < 1.29 is 9.78 Å². The van der Waals surface area contributed by atoms with Gasteiger partial charge in [0.1, 0.15) is 5.82 Å². The van der Waals surface area contributed by atoms with E-state index in [4.69, 9.17) is 25.0 Å². The summed E-state index contributed by atoms with van der Waals surface area (Å²) in [5, 5.41) is 15.1. The van der Waals surface area contributed by atoms with Gasteiger partial charge in [0, 0.05) is 48.9 Å². The molecule has 33 heavy (non-hydrogen) atoms. The maximum absolute atomic E-state index is 9.14. The third-order valence-corrected chi connectivity index (χ3v) is 6.51. The Morgan fingerprint density at radius 2 is 2.00 bits per heavy atom. The van der Waals surface area contributed by atoms with Gasteiger partial charge in [-0.05, 0) is 30.4 Å². The molecule has 0 radical (unpaired) electrons. The lowest BCUT2D eigenvalue weighted by molar-refractivity contribution is -0.185. The number of piperazine rings is 1. The van der Waals surface area contributed by atoms with Crippen molar-refractivity contribution in [3.05, 3.63) is 53.2 Å². The van der Waals surface area contributed by atoms with Gasteiger partial charge in [-0.25, -0.2) is 0 Å². The van der Waals surface area contributed by atoms with E-state index >= 15 is 0 Å². The Morgan fingerprint density at radius 3 is 2.82 bits per heavy atom. The second-order valence-corrected chi connectivity index (χ2v) is 8.59. The Labute approximate surface area is 193 Å². The second kappa shape index (κ2) is 9.22. The first kappa shape index (κ1) is 21.4. The maximum atomic E-state index is 9.14. The van der Waals surface area contributed by atoms with Crippen molar-refractivity contribution in [2.24, 2.45) is 0 Å². The van der Waals surface area contributed by atoms with Crippen LogP contribution in [0.1, 0.15) is 23.2 Å². The van der Waals surface area contributed by atoms with Crippen LogP contribution >= 0.6 is 0 Å². The SMILES string of the molecule is COOc1nc2c(c(N3CCN[C@@H](CC#N)C3)n1)CCN(c1cccc3cccc(C)c13)C2. The van der Waals surface area contributed by atoms with Crippen LogP contribution in [-0.4, -0.2) is 49.3 Å². The maximum Gasteiger partial charge on any atom is 0.355 e. The third-order valence-electron chi connectivity index (χ3n) is 6.51. The molecule has 1 N–H and O–H groups in total. The van der Waals surface area contributed by atoms with Gasteiger partial charge in [0.25, 0.3) is 0 Å². The smallest absolute Gasteiger partial charge is 0.355 e. The van der Waals surface area contributed by atoms with Gasteiger partial charge in [-0.1, -0.05) is 30.3 Å². The molecule has 1 atom stereocenters. The quantitative estimate of drug-likeness (QED) is 0.475. The van der Waals surface area contributed by atoms with E-state index in [0.717, 1.165) is 49.7 Å². The highest BCUT2D eigenvalue weighted by Crippen LogP contribution is 2.35. The first-order valence-electron chi connectivity index (χ1n) is 11.4. The molecule has 0 amide bonds. The number of benzene rings is 2. The lowest BCUT2D eigenvalue weighted by atomic mass is 9.99. The number of aromatic nitrogens is 2. The molecule has 0 unspecified atom stereocenters. The van der Waals surface area contributed by atoms with Gasteiger partial charge >= 0.3 is 6.01 Å². The topological polar surface area (TPSA) is 86.5 Å². The fourth-order valence-corrected chi connectivity index (χ4v) is 5.00. The Morgan fingerprint density at radius 1 is 1.15 bits per heavy atom. The van der Waals surface area contributed by atoms with Crippen LogP contribution in [0.4, 0.5) is 11.5 Å². The van der Waals surface area contributed by atoms with Crippen LogP contribution < -0.4 is 20.0 Å². The number of nitrogens with zero attached hydrogens (tertiary/aromatic N) is 5. The van der Waals surface area contributed by atoms with Gasteiger partial charge in [0.2, 0.25) is 0 Å². The molecule has 170 valence electrons. The van der Waals surface area contributed by atoms with Gasteiger partial charge < -0.3 is 15.1 Å². The molecule has 2 aliphatic heterocycles. The van der Waals surface area contributed by atoms with Crippen LogP contribution in [0.15, 0.2) is 36.4 Å².